The summed E-state index contributed by atoms with van der Waals surface area (Å²) in [5.74, 6) is -1.20. The second-order valence-corrected chi connectivity index (χ2v) is 9.22. The number of amides is 2. The molecule has 0 spiro atoms. The monoisotopic (exact) mass is 415 g/mol. The predicted molar refractivity (Wildman–Crippen MR) is 112 cm³/mol. The highest BCUT2D eigenvalue weighted by molar-refractivity contribution is 7.88. The normalized spacial score (nSPS) is 15.8. The Labute approximate surface area is 171 Å². The average Bonchev–Trinajstić information content (AvgIpc) is 2.70. The third-order valence-electron chi connectivity index (χ3n) is 5.27. The van der Waals surface area contributed by atoms with Crippen molar-refractivity contribution in [2.45, 2.75) is 25.5 Å². The van der Waals surface area contributed by atoms with Gasteiger partial charge in [-0.15, -0.1) is 0 Å². The first-order valence-corrected chi connectivity index (χ1v) is 11.1. The first-order valence-electron chi connectivity index (χ1n) is 9.50. The number of benzene rings is 2. The topological polar surface area (TPSA) is 110 Å². The standard InChI is InChI=1S/C21H25N3O4S/c1-15-6-2-3-7-17(15)14-29(27,28)24-12-10-16(11-13-24)21(26)23-19-9-5-4-8-18(19)20(22)25/h2-9,16H,10-14H2,1H3,(H2,22,25)(H,23,26). The highest BCUT2D eigenvalue weighted by Crippen LogP contribution is 2.24. The number of carbonyl (C=O) groups is 2. The Balaban J connectivity index is 1.61. The molecule has 1 heterocycles. The number of nitrogens with two attached hydrogens (primary N) is 1. The van der Waals surface area contributed by atoms with Crippen molar-refractivity contribution in [2.75, 3.05) is 18.4 Å². The quantitative estimate of drug-likeness (QED) is 0.754. The average molecular weight is 416 g/mol. The number of rotatable bonds is 6. The van der Waals surface area contributed by atoms with Gasteiger partial charge in [0.2, 0.25) is 15.9 Å². The van der Waals surface area contributed by atoms with Gasteiger partial charge in [0.1, 0.15) is 0 Å². The molecule has 0 bridgehead atoms. The third kappa shape index (κ3) is 5.02. The summed E-state index contributed by atoms with van der Waals surface area (Å²) >= 11 is 0. The lowest BCUT2D eigenvalue weighted by Crippen LogP contribution is -2.42. The van der Waals surface area contributed by atoms with Gasteiger partial charge in [0.15, 0.2) is 0 Å². The molecule has 0 atom stereocenters. The minimum atomic E-state index is -3.44. The highest BCUT2D eigenvalue weighted by atomic mass is 32.2. The van der Waals surface area contributed by atoms with Gasteiger partial charge in [-0.25, -0.2) is 12.7 Å². The maximum absolute atomic E-state index is 12.8. The molecule has 2 amide bonds. The van der Waals surface area contributed by atoms with E-state index < -0.39 is 15.9 Å². The molecule has 1 aliphatic heterocycles. The van der Waals surface area contributed by atoms with Crippen molar-refractivity contribution in [3.8, 4) is 0 Å². The Morgan fingerprint density at radius 1 is 1.07 bits per heavy atom. The Morgan fingerprint density at radius 3 is 2.34 bits per heavy atom. The molecule has 0 saturated carbocycles. The van der Waals surface area contributed by atoms with Gasteiger partial charge in [0, 0.05) is 19.0 Å². The summed E-state index contributed by atoms with van der Waals surface area (Å²) < 4.78 is 27.0. The van der Waals surface area contributed by atoms with Crippen LogP contribution < -0.4 is 11.1 Å². The van der Waals surface area contributed by atoms with Crippen LogP contribution in [-0.2, 0) is 20.6 Å². The summed E-state index contributed by atoms with van der Waals surface area (Å²) in [4.78, 5) is 24.1. The fraction of sp³-hybridized carbons (Fsp3) is 0.333. The van der Waals surface area contributed by atoms with Gasteiger partial charge in [0.25, 0.3) is 5.91 Å². The van der Waals surface area contributed by atoms with Crippen LogP contribution in [0.15, 0.2) is 48.5 Å². The zero-order valence-corrected chi connectivity index (χ0v) is 17.1. The number of aryl methyl sites for hydroxylation is 1. The summed E-state index contributed by atoms with van der Waals surface area (Å²) in [6, 6.07) is 14.0. The molecule has 0 radical (unpaired) electrons. The lowest BCUT2D eigenvalue weighted by Gasteiger charge is -2.30. The molecule has 1 aliphatic rings. The van der Waals surface area contributed by atoms with Crippen LogP contribution in [0.4, 0.5) is 5.69 Å². The van der Waals surface area contributed by atoms with Crippen LogP contribution in [-0.4, -0.2) is 37.6 Å². The van der Waals surface area contributed by atoms with Crippen molar-refractivity contribution in [1.29, 1.82) is 0 Å². The van der Waals surface area contributed by atoms with Crippen molar-refractivity contribution in [3.05, 3.63) is 65.2 Å². The summed E-state index contributed by atoms with van der Waals surface area (Å²) in [7, 11) is -3.44. The molecule has 2 aromatic rings. The van der Waals surface area contributed by atoms with Crippen LogP contribution in [0.3, 0.4) is 0 Å². The minimum absolute atomic E-state index is 0.0392. The van der Waals surface area contributed by atoms with Crippen molar-refractivity contribution < 1.29 is 18.0 Å². The van der Waals surface area contributed by atoms with E-state index in [1.807, 2.05) is 31.2 Å². The Bertz CT molecular complexity index is 1010. The van der Waals surface area contributed by atoms with Gasteiger partial charge in [-0.3, -0.25) is 9.59 Å². The summed E-state index contributed by atoms with van der Waals surface area (Å²) in [6.07, 6.45) is 0.856. The van der Waals surface area contributed by atoms with Crippen molar-refractivity contribution >= 4 is 27.5 Å². The maximum Gasteiger partial charge on any atom is 0.250 e. The van der Waals surface area contributed by atoms with E-state index in [2.05, 4.69) is 5.32 Å². The minimum Gasteiger partial charge on any atom is -0.366 e. The molecule has 29 heavy (non-hydrogen) atoms. The van der Waals surface area contributed by atoms with Gasteiger partial charge in [0.05, 0.1) is 17.0 Å². The molecule has 7 nitrogen and oxygen atoms in total. The Morgan fingerprint density at radius 2 is 1.69 bits per heavy atom. The number of anilines is 1. The van der Waals surface area contributed by atoms with Gasteiger partial charge in [-0.2, -0.15) is 0 Å². The maximum atomic E-state index is 12.8. The Hall–Kier alpha value is -2.71. The molecule has 3 N–H and O–H groups in total. The molecular weight excluding hydrogens is 390 g/mol. The summed E-state index contributed by atoms with van der Waals surface area (Å²) in [5.41, 5.74) is 7.70. The zero-order chi connectivity index (χ0) is 21.0. The van der Waals surface area contributed by atoms with Gasteiger partial charge in [-0.1, -0.05) is 36.4 Å². The SMILES string of the molecule is Cc1ccccc1CS(=O)(=O)N1CCC(C(=O)Nc2ccccc2C(N)=O)CC1. The molecule has 1 fully saturated rings. The summed E-state index contributed by atoms with van der Waals surface area (Å²) in [6.45, 7) is 2.49. The van der Waals surface area contributed by atoms with Crippen LogP contribution in [0, 0.1) is 12.8 Å². The zero-order valence-electron chi connectivity index (χ0n) is 16.3. The van der Waals surface area contributed by atoms with Crippen LogP contribution in [0.1, 0.15) is 34.3 Å². The van der Waals surface area contributed by atoms with Crippen LogP contribution >= 0.6 is 0 Å². The van der Waals surface area contributed by atoms with E-state index >= 15 is 0 Å². The van der Waals surface area contributed by atoms with E-state index in [4.69, 9.17) is 5.73 Å². The molecule has 0 aliphatic carbocycles. The molecular formula is C21H25N3O4S. The van der Waals surface area contributed by atoms with E-state index in [0.717, 1.165) is 11.1 Å². The van der Waals surface area contributed by atoms with E-state index in [1.165, 1.54) is 4.31 Å². The molecule has 1 saturated heterocycles. The van der Waals surface area contributed by atoms with Crippen LogP contribution in [0.25, 0.3) is 0 Å². The third-order valence-corrected chi connectivity index (χ3v) is 7.10. The highest BCUT2D eigenvalue weighted by Gasteiger charge is 2.31. The fourth-order valence-corrected chi connectivity index (χ4v) is 5.16. The smallest absolute Gasteiger partial charge is 0.250 e. The first kappa shape index (κ1) is 21.0. The number of primary amides is 1. The molecule has 0 unspecified atom stereocenters. The largest absolute Gasteiger partial charge is 0.366 e. The number of sulfonamides is 1. The van der Waals surface area contributed by atoms with E-state index in [0.29, 0.717) is 31.6 Å². The van der Waals surface area contributed by atoms with E-state index in [9.17, 15) is 18.0 Å². The molecule has 154 valence electrons. The van der Waals surface area contributed by atoms with Crippen molar-refractivity contribution in [2.24, 2.45) is 11.7 Å². The van der Waals surface area contributed by atoms with E-state index in [1.54, 1.807) is 24.3 Å². The summed E-state index contributed by atoms with van der Waals surface area (Å²) in [5, 5.41) is 2.75. The number of piperidine rings is 1. The molecule has 3 rings (SSSR count). The number of carbonyl (C=O) groups excluding carboxylic acids is 2. The fourth-order valence-electron chi connectivity index (χ4n) is 3.50. The second kappa shape index (κ2) is 8.75. The second-order valence-electron chi connectivity index (χ2n) is 7.26. The van der Waals surface area contributed by atoms with Gasteiger partial charge < -0.3 is 11.1 Å². The number of nitrogens with one attached hydrogen (secondary N) is 1. The van der Waals surface area contributed by atoms with E-state index in [-0.39, 0.29) is 23.1 Å². The number of nitrogens with zero attached hydrogens (tertiary/aromatic N) is 1. The lowest BCUT2D eigenvalue weighted by molar-refractivity contribution is -0.120. The van der Waals surface area contributed by atoms with Gasteiger partial charge >= 0.3 is 0 Å². The lowest BCUT2D eigenvalue weighted by atomic mass is 9.97. The number of para-hydroxylation sites is 1. The molecule has 8 heteroatoms. The van der Waals surface area contributed by atoms with Crippen LogP contribution in [0.5, 0.6) is 0 Å². The predicted octanol–water partition coefficient (Wildman–Crippen LogP) is 2.27. The van der Waals surface area contributed by atoms with Crippen LogP contribution in [0.2, 0.25) is 0 Å². The number of hydrogen-bond acceptors (Lipinski definition) is 4. The number of hydrogen-bond donors (Lipinski definition) is 2. The van der Waals surface area contributed by atoms with Gasteiger partial charge in [-0.05, 0) is 43.0 Å². The van der Waals surface area contributed by atoms with Crippen molar-refractivity contribution in [3.63, 3.8) is 0 Å². The molecule has 2 aromatic carbocycles. The van der Waals surface area contributed by atoms with Crippen molar-refractivity contribution in [1.82, 2.24) is 4.31 Å². The Kier molecular flexibility index (Phi) is 6.34. The first-order chi connectivity index (χ1) is 13.8. The molecule has 0 aromatic heterocycles.